The van der Waals surface area contributed by atoms with Crippen LogP contribution in [0.5, 0.6) is 0 Å². The van der Waals surface area contributed by atoms with Gasteiger partial charge < -0.3 is 0 Å². The van der Waals surface area contributed by atoms with Gasteiger partial charge in [0.15, 0.2) is 7.85 Å². The first kappa shape index (κ1) is 4.50. The van der Waals surface area contributed by atoms with Gasteiger partial charge in [0.25, 0.3) is 0 Å². The summed E-state index contributed by atoms with van der Waals surface area (Å²) < 4.78 is 0.694. The third kappa shape index (κ3) is 22.3. The Kier molecular flexibility index (Phi) is 2.02. The van der Waals surface area contributed by atoms with Crippen molar-refractivity contribution in [3.63, 3.8) is 0 Å². The molecule has 0 saturated carbocycles. The Bertz CT molecular complexity index is 29.0. The normalized spacial score (nSPS) is 6.25. The molecule has 0 bridgehead atoms. The number of thiol groups is 1. The molecule has 0 aliphatic heterocycles. The van der Waals surface area contributed by atoms with Crippen LogP contribution >= 0.6 is 24.8 Å². The summed E-state index contributed by atoms with van der Waals surface area (Å²) in [6.07, 6.45) is 0. The molecule has 0 unspecified atom stereocenters. The lowest BCUT2D eigenvalue weighted by Gasteiger charge is -1.59. The quantitative estimate of drug-likeness (QED) is 0.245. The zero-order valence-electron chi connectivity index (χ0n) is 2.36. The molecule has 0 saturated heterocycles. The smallest absolute Gasteiger partial charge is 0.147 e. The zero-order chi connectivity index (χ0) is 3.58. The van der Waals surface area contributed by atoms with Crippen molar-refractivity contribution in [2.75, 3.05) is 0 Å². The minimum Gasteiger partial charge on any atom is -0.147 e. The Morgan fingerprint density at radius 2 is 2.00 bits per heavy atom. The van der Waals surface area contributed by atoms with Crippen molar-refractivity contribution in [2.24, 2.45) is 0 Å². The van der Waals surface area contributed by atoms with Crippen molar-refractivity contribution < 1.29 is 0 Å². The lowest BCUT2D eigenvalue weighted by molar-refractivity contribution is 4.01. The summed E-state index contributed by atoms with van der Waals surface area (Å²) in [5.41, 5.74) is 0. The van der Waals surface area contributed by atoms with Crippen molar-refractivity contribution in [3.8, 4) is 0 Å². The van der Waals surface area contributed by atoms with Crippen molar-refractivity contribution >= 4 is 36.8 Å². The van der Waals surface area contributed by atoms with E-state index in [9.17, 15) is 0 Å². The molecule has 0 atom stereocenters. The predicted octanol–water partition coefficient (Wildman–Crippen LogP) is -0.166. The van der Waals surface area contributed by atoms with Crippen LogP contribution in [0.4, 0.5) is 0 Å². The summed E-state index contributed by atoms with van der Waals surface area (Å²) in [5.74, 6) is 0. The van der Waals surface area contributed by atoms with Crippen LogP contribution in [0.2, 0.25) is 0 Å². The molecular formula is CH3BS2. The maximum absolute atomic E-state index is 4.40. The minimum absolute atomic E-state index is 0.694. The lowest BCUT2D eigenvalue weighted by Crippen LogP contribution is -1.69. The van der Waals surface area contributed by atoms with Gasteiger partial charge >= 0.3 is 0 Å². The third-order valence-corrected chi connectivity index (χ3v) is 0. The molecule has 0 heterocycles. The zero-order valence-corrected chi connectivity index (χ0v) is 4.07. The average molecular weight is 90.0 g/mol. The van der Waals surface area contributed by atoms with E-state index in [1.165, 1.54) is 0 Å². The highest BCUT2D eigenvalue weighted by molar-refractivity contribution is 8.14. The fourth-order valence-corrected chi connectivity index (χ4v) is 0. The van der Waals surface area contributed by atoms with Crippen molar-refractivity contribution in [2.45, 2.75) is 0 Å². The molecule has 3 heteroatoms. The highest BCUT2D eigenvalue weighted by Gasteiger charge is 1.58. The van der Waals surface area contributed by atoms with Crippen LogP contribution < -0.4 is 0 Å². The average Bonchev–Trinajstić information content (AvgIpc) is 0.811. The van der Waals surface area contributed by atoms with Gasteiger partial charge in [-0.1, -0.05) is 12.2 Å². The van der Waals surface area contributed by atoms with E-state index in [2.05, 4.69) is 24.8 Å². The van der Waals surface area contributed by atoms with Crippen LogP contribution in [0.3, 0.4) is 0 Å². The number of thiocarbonyl (C=S) groups is 1. The summed E-state index contributed by atoms with van der Waals surface area (Å²) in [6.45, 7) is 0. The van der Waals surface area contributed by atoms with Crippen LogP contribution in [0.25, 0.3) is 0 Å². The topological polar surface area (TPSA) is 0 Å². The van der Waals surface area contributed by atoms with E-state index in [1.54, 1.807) is 7.85 Å². The van der Waals surface area contributed by atoms with Gasteiger partial charge in [-0.25, -0.2) is 0 Å². The van der Waals surface area contributed by atoms with Gasteiger partial charge in [-0.05, 0) is 4.10 Å². The molecule has 4 heavy (non-hydrogen) atoms. The fourth-order valence-electron chi connectivity index (χ4n) is 0. The Morgan fingerprint density at radius 3 is 2.00 bits per heavy atom. The van der Waals surface area contributed by atoms with Gasteiger partial charge in [0, 0.05) is 0 Å². The van der Waals surface area contributed by atoms with Crippen LogP contribution in [-0.2, 0) is 0 Å². The molecule has 0 fully saturated rings. The highest BCUT2D eigenvalue weighted by Crippen LogP contribution is 1.67. The van der Waals surface area contributed by atoms with Gasteiger partial charge in [0.2, 0.25) is 0 Å². The van der Waals surface area contributed by atoms with Crippen molar-refractivity contribution in [1.29, 1.82) is 0 Å². The van der Waals surface area contributed by atoms with E-state index < -0.39 is 0 Å². The van der Waals surface area contributed by atoms with Gasteiger partial charge in [-0.15, -0.1) is 12.6 Å². The number of hydrogen-bond donors (Lipinski definition) is 1. The number of hydrogen-bond acceptors (Lipinski definition) is 1. The first-order valence-corrected chi connectivity index (χ1v) is 1.78. The molecule has 0 aromatic carbocycles. The van der Waals surface area contributed by atoms with Crippen LogP contribution in [-0.4, -0.2) is 11.9 Å². The fraction of sp³-hybridized carbons (Fsp3) is 0. The second kappa shape index (κ2) is 1.79. The molecular weight excluding hydrogens is 87.0 g/mol. The Labute approximate surface area is 37.4 Å². The van der Waals surface area contributed by atoms with E-state index >= 15 is 0 Å². The second-order valence-corrected chi connectivity index (χ2v) is 2.10. The Hall–Kier alpha value is 0.505. The summed E-state index contributed by atoms with van der Waals surface area (Å²) in [7, 11) is 1.76. The van der Waals surface area contributed by atoms with Gasteiger partial charge in [-0.3, -0.25) is 0 Å². The van der Waals surface area contributed by atoms with E-state index in [1.807, 2.05) is 0 Å². The molecule has 0 rings (SSSR count). The lowest BCUT2D eigenvalue weighted by atomic mass is 10.2. The summed E-state index contributed by atoms with van der Waals surface area (Å²) in [4.78, 5) is 0. The standard InChI is InChI=1S/CH3BS2/c2-1(3)4/h2H2,(H,3,4). The monoisotopic (exact) mass is 90.0 g/mol. The van der Waals surface area contributed by atoms with Gasteiger partial charge in [-0.2, -0.15) is 0 Å². The van der Waals surface area contributed by atoms with E-state index in [0.29, 0.717) is 4.10 Å². The Balaban J connectivity index is 2.80. The molecule has 0 amide bonds. The Morgan fingerprint density at radius 1 is 2.00 bits per heavy atom. The molecule has 0 aromatic heterocycles. The number of rotatable bonds is 0. The third-order valence-electron chi connectivity index (χ3n) is 0. The maximum atomic E-state index is 4.40. The van der Waals surface area contributed by atoms with E-state index in [0.717, 1.165) is 0 Å². The summed E-state index contributed by atoms with van der Waals surface area (Å²) in [5, 5.41) is 0. The first-order chi connectivity index (χ1) is 1.73. The molecule has 22 valence electrons. The molecule has 0 aromatic rings. The molecule has 0 aliphatic carbocycles. The largest absolute Gasteiger partial charge is 0.161 e. The molecule has 0 nitrogen and oxygen atoms in total. The molecule has 0 spiro atoms. The first-order valence-electron chi connectivity index (χ1n) is 0.928. The van der Waals surface area contributed by atoms with Crippen molar-refractivity contribution in [1.82, 2.24) is 0 Å². The minimum atomic E-state index is 0.694. The SMILES string of the molecule is BC(=S)S. The van der Waals surface area contributed by atoms with E-state index in [-0.39, 0.29) is 0 Å². The van der Waals surface area contributed by atoms with Crippen LogP contribution in [0.1, 0.15) is 0 Å². The van der Waals surface area contributed by atoms with Crippen LogP contribution in [0.15, 0.2) is 0 Å². The molecule has 0 aliphatic rings. The molecule has 0 N–H and O–H groups in total. The van der Waals surface area contributed by atoms with Crippen LogP contribution in [0, 0.1) is 0 Å². The van der Waals surface area contributed by atoms with Gasteiger partial charge in [0.1, 0.15) is 0 Å². The van der Waals surface area contributed by atoms with E-state index in [4.69, 9.17) is 0 Å². The maximum Gasteiger partial charge on any atom is 0.161 e. The van der Waals surface area contributed by atoms with Gasteiger partial charge in [0.05, 0.1) is 0 Å². The highest BCUT2D eigenvalue weighted by atomic mass is 32.1. The predicted molar refractivity (Wildman–Crippen MR) is 30.1 cm³/mol. The summed E-state index contributed by atoms with van der Waals surface area (Å²) in [6, 6.07) is 0. The summed E-state index contributed by atoms with van der Waals surface area (Å²) >= 11 is 8.10. The molecule has 0 radical (unpaired) electrons. The van der Waals surface area contributed by atoms with Crippen molar-refractivity contribution in [3.05, 3.63) is 0 Å². The second-order valence-electron chi connectivity index (χ2n) is 0.519.